The average molecular weight is 329 g/mol. The molecule has 0 amide bonds. The fourth-order valence-electron chi connectivity index (χ4n) is 4.89. The minimum absolute atomic E-state index is 0.0901. The molecule has 0 aromatic carbocycles. The summed E-state index contributed by atoms with van der Waals surface area (Å²) in [6, 6.07) is 3.02. The predicted octanol–water partition coefficient (Wildman–Crippen LogP) is 3.56. The van der Waals surface area contributed by atoms with Crippen LogP contribution in [0.2, 0.25) is 0 Å². The maximum absolute atomic E-state index is 12.6. The summed E-state index contributed by atoms with van der Waals surface area (Å²) in [4.78, 5) is 4.07. The van der Waals surface area contributed by atoms with Gasteiger partial charge in [0.2, 0.25) is 0 Å². The Balaban J connectivity index is 1.52. The van der Waals surface area contributed by atoms with Gasteiger partial charge in [0.25, 0.3) is 0 Å². The summed E-state index contributed by atoms with van der Waals surface area (Å²) < 4.78 is 37.8. The third-order valence-corrected chi connectivity index (χ3v) is 6.47. The quantitative estimate of drug-likeness (QED) is 0.790. The van der Waals surface area contributed by atoms with E-state index in [1.807, 2.05) is 0 Å². The van der Waals surface area contributed by atoms with Crippen LogP contribution < -0.4 is 0 Å². The van der Waals surface area contributed by atoms with Crippen molar-refractivity contribution in [2.24, 2.45) is 5.41 Å². The highest BCUT2D eigenvalue weighted by Gasteiger charge is 2.50. The summed E-state index contributed by atoms with van der Waals surface area (Å²) in [6.45, 7) is 2.99. The minimum Gasteiger partial charge on any atom is -0.297 e. The Bertz CT molecular complexity index is 451. The van der Waals surface area contributed by atoms with Crippen LogP contribution in [0.1, 0.15) is 51.9 Å². The molecule has 0 aromatic rings. The first kappa shape index (κ1) is 17.0. The van der Waals surface area contributed by atoms with Gasteiger partial charge in [-0.2, -0.15) is 18.4 Å². The second kappa shape index (κ2) is 6.25. The van der Waals surface area contributed by atoms with Crippen LogP contribution in [0.25, 0.3) is 0 Å². The Morgan fingerprint density at radius 3 is 2.22 bits per heavy atom. The van der Waals surface area contributed by atoms with Crippen LogP contribution >= 0.6 is 0 Å². The van der Waals surface area contributed by atoms with Gasteiger partial charge in [0.05, 0.1) is 12.6 Å². The number of nitrogens with zero attached hydrogens (tertiary/aromatic N) is 3. The molecular weight excluding hydrogens is 303 g/mol. The van der Waals surface area contributed by atoms with E-state index >= 15 is 0 Å². The lowest BCUT2D eigenvalue weighted by Gasteiger charge is -2.58. The van der Waals surface area contributed by atoms with Gasteiger partial charge in [-0.05, 0) is 43.9 Å². The van der Waals surface area contributed by atoms with Crippen LogP contribution in [0.5, 0.6) is 0 Å². The zero-order valence-corrected chi connectivity index (χ0v) is 13.8. The van der Waals surface area contributed by atoms with Crippen LogP contribution in [0, 0.1) is 16.7 Å². The standard InChI is InChI=1S/C17H26F3N3/c1-2-16(7-8-21)5-3-13(4-6-16)22-10-14-9-15(11-22)23(14)12-17(18,19)20/h13-15H,2-7,9-12H2,1H3. The summed E-state index contributed by atoms with van der Waals surface area (Å²) >= 11 is 0. The molecule has 2 unspecified atom stereocenters. The first-order valence-corrected chi connectivity index (χ1v) is 8.79. The molecule has 3 heterocycles. The molecular formula is C17H26F3N3. The van der Waals surface area contributed by atoms with E-state index in [1.54, 1.807) is 4.90 Å². The van der Waals surface area contributed by atoms with Gasteiger partial charge in [-0.25, -0.2) is 0 Å². The third kappa shape index (κ3) is 3.51. The Kier molecular flexibility index (Phi) is 4.63. The van der Waals surface area contributed by atoms with Crippen LogP contribution in [0.3, 0.4) is 0 Å². The van der Waals surface area contributed by atoms with Crippen molar-refractivity contribution in [1.29, 1.82) is 5.26 Å². The fourth-order valence-corrected chi connectivity index (χ4v) is 4.89. The topological polar surface area (TPSA) is 30.3 Å². The van der Waals surface area contributed by atoms with Gasteiger partial charge >= 0.3 is 6.18 Å². The van der Waals surface area contributed by atoms with E-state index in [2.05, 4.69) is 17.9 Å². The summed E-state index contributed by atoms with van der Waals surface area (Å²) in [5.41, 5.74) is 0.187. The lowest BCUT2D eigenvalue weighted by Crippen LogP contribution is -2.71. The lowest BCUT2D eigenvalue weighted by atomic mass is 9.68. The number of piperidine rings is 1. The molecule has 130 valence electrons. The Labute approximate surface area is 136 Å². The number of halogens is 3. The molecule has 4 fully saturated rings. The zero-order valence-electron chi connectivity index (χ0n) is 13.8. The van der Waals surface area contributed by atoms with E-state index in [9.17, 15) is 13.2 Å². The molecule has 4 aliphatic rings. The minimum atomic E-state index is -4.08. The number of hydrogen-bond donors (Lipinski definition) is 0. The van der Waals surface area contributed by atoms with Gasteiger partial charge in [-0.15, -0.1) is 0 Å². The van der Waals surface area contributed by atoms with E-state index in [0.29, 0.717) is 12.5 Å². The smallest absolute Gasteiger partial charge is 0.297 e. The van der Waals surface area contributed by atoms with Crippen molar-refractivity contribution in [3.05, 3.63) is 0 Å². The monoisotopic (exact) mass is 329 g/mol. The molecule has 0 aromatic heterocycles. The second-order valence-electron chi connectivity index (χ2n) is 7.70. The molecule has 6 heteroatoms. The number of rotatable bonds is 4. The van der Waals surface area contributed by atoms with Gasteiger partial charge in [0.15, 0.2) is 0 Å². The van der Waals surface area contributed by atoms with Crippen LogP contribution in [-0.4, -0.2) is 53.7 Å². The molecule has 3 aliphatic heterocycles. The first-order valence-electron chi connectivity index (χ1n) is 8.79. The van der Waals surface area contributed by atoms with E-state index in [1.165, 1.54) is 0 Å². The second-order valence-corrected chi connectivity index (χ2v) is 7.70. The number of hydrogen-bond acceptors (Lipinski definition) is 3. The number of nitriles is 1. The number of piperazine rings is 1. The molecule has 0 spiro atoms. The number of fused-ring (bicyclic) bond motifs is 2. The molecule has 0 N–H and O–H groups in total. The van der Waals surface area contributed by atoms with Gasteiger partial charge in [0, 0.05) is 37.6 Å². The first-order chi connectivity index (χ1) is 10.9. The largest absolute Gasteiger partial charge is 0.401 e. The predicted molar refractivity (Wildman–Crippen MR) is 81.7 cm³/mol. The Hall–Kier alpha value is -0.800. The zero-order chi connectivity index (χ0) is 16.7. The lowest BCUT2D eigenvalue weighted by molar-refractivity contribution is -0.191. The Morgan fingerprint density at radius 1 is 1.13 bits per heavy atom. The summed E-state index contributed by atoms with van der Waals surface area (Å²) in [6.07, 6.45) is 2.88. The van der Waals surface area contributed by atoms with E-state index in [4.69, 9.17) is 5.26 Å². The highest BCUT2D eigenvalue weighted by Crippen LogP contribution is 2.44. The fraction of sp³-hybridized carbons (Fsp3) is 0.941. The summed E-state index contributed by atoms with van der Waals surface area (Å²) in [5.74, 6) is 0. The van der Waals surface area contributed by atoms with Crippen molar-refractivity contribution < 1.29 is 13.2 Å². The van der Waals surface area contributed by atoms with Gasteiger partial charge < -0.3 is 0 Å². The maximum atomic E-state index is 12.6. The van der Waals surface area contributed by atoms with Crippen LogP contribution in [0.15, 0.2) is 0 Å². The molecule has 4 rings (SSSR count). The Morgan fingerprint density at radius 2 is 1.74 bits per heavy atom. The van der Waals surface area contributed by atoms with Crippen molar-refractivity contribution in [3.8, 4) is 6.07 Å². The molecule has 1 aliphatic carbocycles. The van der Waals surface area contributed by atoms with Crippen molar-refractivity contribution in [2.75, 3.05) is 19.6 Å². The summed E-state index contributed by atoms with van der Waals surface area (Å²) in [5, 5.41) is 9.03. The molecule has 3 saturated heterocycles. The highest BCUT2D eigenvalue weighted by atomic mass is 19.4. The van der Waals surface area contributed by atoms with Gasteiger partial charge in [-0.1, -0.05) is 6.92 Å². The molecule has 3 nitrogen and oxygen atoms in total. The molecule has 23 heavy (non-hydrogen) atoms. The van der Waals surface area contributed by atoms with E-state index < -0.39 is 12.7 Å². The van der Waals surface area contributed by atoms with Crippen LogP contribution in [-0.2, 0) is 0 Å². The maximum Gasteiger partial charge on any atom is 0.401 e. The van der Waals surface area contributed by atoms with Crippen LogP contribution in [0.4, 0.5) is 13.2 Å². The van der Waals surface area contributed by atoms with Crippen molar-refractivity contribution in [2.45, 2.75) is 76.2 Å². The van der Waals surface area contributed by atoms with Gasteiger partial charge in [-0.3, -0.25) is 9.80 Å². The molecule has 1 saturated carbocycles. The number of alkyl halides is 3. The van der Waals surface area contributed by atoms with E-state index in [0.717, 1.165) is 51.6 Å². The van der Waals surface area contributed by atoms with E-state index in [-0.39, 0.29) is 17.5 Å². The van der Waals surface area contributed by atoms with Crippen molar-refractivity contribution in [1.82, 2.24) is 9.80 Å². The van der Waals surface area contributed by atoms with Crippen molar-refractivity contribution in [3.63, 3.8) is 0 Å². The summed E-state index contributed by atoms with van der Waals surface area (Å²) in [7, 11) is 0. The normalized spacial score (nSPS) is 38.8. The SMILES string of the molecule is CCC1(CC#N)CCC(N2CC3CC(C2)N3CC(F)(F)F)CC1. The average Bonchev–Trinajstić information content (AvgIpc) is 2.53. The molecule has 0 radical (unpaired) electrons. The highest BCUT2D eigenvalue weighted by molar-refractivity contribution is 5.04. The molecule has 2 atom stereocenters. The van der Waals surface area contributed by atoms with Crippen molar-refractivity contribution >= 4 is 0 Å². The van der Waals surface area contributed by atoms with Gasteiger partial charge in [0.1, 0.15) is 0 Å². The third-order valence-electron chi connectivity index (χ3n) is 6.47. The molecule has 2 bridgehead atoms.